The number of nitrogens with zero attached hydrogens (tertiary/aromatic N) is 1. The zero-order chi connectivity index (χ0) is 22.5. The number of carbonyl (C=O) groups is 1. The monoisotopic (exact) mass is 431 g/mol. The molecule has 0 spiro atoms. The highest BCUT2D eigenvalue weighted by molar-refractivity contribution is 5.76. The normalized spacial score (nSPS) is 15.8. The van der Waals surface area contributed by atoms with E-state index in [9.17, 15) is 53.1 Å². The van der Waals surface area contributed by atoms with Gasteiger partial charge < -0.3 is 10.0 Å². The van der Waals surface area contributed by atoms with Gasteiger partial charge in [0.05, 0.1) is 0 Å². The highest BCUT2D eigenvalue weighted by Gasteiger charge is 2.79. The third-order valence-corrected chi connectivity index (χ3v) is 2.97. The van der Waals surface area contributed by atoms with Gasteiger partial charge in [0.1, 0.15) is 0 Å². The van der Waals surface area contributed by atoms with E-state index < -0.39 is 36.2 Å². The van der Waals surface area contributed by atoms with E-state index in [0.717, 1.165) is 0 Å². The first kappa shape index (κ1) is 27.8. The summed E-state index contributed by atoms with van der Waals surface area (Å²) < 4.78 is 134. The molecule has 1 N–H and O–H groups in total. The number of carboxylic acid groups (broad SMARTS) is 1. The molecule has 0 aliphatic carbocycles. The van der Waals surface area contributed by atoms with Crippen LogP contribution in [0.2, 0.25) is 0 Å². The highest BCUT2D eigenvalue weighted by atomic mass is 19.4. The van der Waals surface area contributed by atoms with Crippen LogP contribution in [-0.2, 0) is 9.53 Å². The van der Waals surface area contributed by atoms with Gasteiger partial charge in [-0.25, -0.2) is 4.79 Å². The molecule has 1 unspecified atom stereocenters. The summed E-state index contributed by atoms with van der Waals surface area (Å²) in [6.45, 7) is 10.1. The molecule has 0 aliphatic rings. The number of ether oxygens (including phenoxy) is 1. The second-order valence-corrected chi connectivity index (χ2v) is 4.71. The molecule has 4 nitrogen and oxygen atoms in total. The lowest BCUT2D eigenvalue weighted by molar-refractivity contribution is -0.474. The summed E-state index contributed by atoms with van der Waals surface area (Å²) in [6, 6.07) is 0. The lowest BCUT2D eigenvalue weighted by Gasteiger charge is -2.32. The number of hydrogen-bond acceptors (Lipinski definition) is 3. The average molecular weight is 431 g/mol. The second kappa shape index (κ2) is 9.21. The number of halogens is 11. The minimum Gasteiger partial charge on any atom is -0.477 e. The highest BCUT2D eigenvalue weighted by Crippen LogP contribution is 2.50. The maximum atomic E-state index is 12.7. The SMILES string of the molecule is CCN(CC)CC.O=C(O)C(F)(OC(F)(F)C(F)(F)C(F)(F)F)C(F)(F)F. The van der Waals surface area contributed by atoms with E-state index in [1.807, 2.05) is 0 Å². The van der Waals surface area contributed by atoms with Crippen LogP contribution in [0.5, 0.6) is 0 Å². The van der Waals surface area contributed by atoms with Crippen molar-refractivity contribution in [3.05, 3.63) is 0 Å². The van der Waals surface area contributed by atoms with Crippen LogP contribution in [0.15, 0.2) is 0 Å². The van der Waals surface area contributed by atoms with E-state index in [2.05, 4.69) is 25.7 Å². The van der Waals surface area contributed by atoms with Crippen molar-refractivity contribution in [3.63, 3.8) is 0 Å². The van der Waals surface area contributed by atoms with Gasteiger partial charge in [0.2, 0.25) is 0 Å². The first-order chi connectivity index (χ1) is 11.7. The minimum absolute atomic E-state index is 1.19. The van der Waals surface area contributed by atoms with Gasteiger partial charge in [0, 0.05) is 0 Å². The minimum atomic E-state index is -7.27. The van der Waals surface area contributed by atoms with E-state index in [0.29, 0.717) is 0 Å². The van der Waals surface area contributed by atoms with Gasteiger partial charge >= 0.3 is 36.2 Å². The molecule has 27 heavy (non-hydrogen) atoms. The Morgan fingerprint density at radius 2 is 1.11 bits per heavy atom. The maximum Gasteiger partial charge on any atom is 0.462 e. The van der Waals surface area contributed by atoms with Crippen molar-refractivity contribution in [2.24, 2.45) is 0 Å². The molecule has 0 amide bonds. The van der Waals surface area contributed by atoms with Crippen molar-refractivity contribution in [2.75, 3.05) is 19.6 Å². The summed E-state index contributed by atoms with van der Waals surface area (Å²) in [5.74, 6) is -17.6. The first-order valence-corrected chi connectivity index (χ1v) is 6.98. The number of hydrogen-bond donors (Lipinski definition) is 1. The van der Waals surface area contributed by atoms with E-state index in [-0.39, 0.29) is 0 Å². The Morgan fingerprint density at radius 3 is 1.26 bits per heavy atom. The Bertz CT molecular complexity index is 469. The molecule has 0 saturated carbocycles. The molecule has 0 aliphatic heterocycles. The topological polar surface area (TPSA) is 49.8 Å². The van der Waals surface area contributed by atoms with Crippen LogP contribution in [0.25, 0.3) is 0 Å². The zero-order valence-corrected chi connectivity index (χ0v) is 14.0. The fourth-order valence-corrected chi connectivity index (χ4v) is 1.30. The van der Waals surface area contributed by atoms with Crippen LogP contribution in [0.1, 0.15) is 20.8 Å². The standard InChI is InChI=1S/C6HF11O3.C6H15N/c7-2(1(18)19,4(10,11)12)20-6(16,17)3(8,9)5(13,14)15;1-4-7(5-2)6-3/h(H,18,19);4-6H2,1-3H3. The van der Waals surface area contributed by atoms with Crippen molar-refractivity contribution in [3.8, 4) is 0 Å². The summed E-state index contributed by atoms with van der Waals surface area (Å²) in [4.78, 5) is 12.2. The van der Waals surface area contributed by atoms with Crippen molar-refractivity contribution in [1.82, 2.24) is 4.90 Å². The zero-order valence-electron chi connectivity index (χ0n) is 14.0. The number of carboxylic acids is 1. The summed E-state index contributed by atoms with van der Waals surface area (Å²) in [7, 11) is 0. The maximum absolute atomic E-state index is 12.7. The Kier molecular flexibility index (Phi) is 9.49. The van der Waals surface area contributed by atoms with E-state index in [4.69, 9.17) is 5.11 Å². The molecular formula is C12H16F11NO3. The van der Waals surface area contributed by atoms with E-state index in [1.54, 1.807) is 4.74 Å². The van der Waals surface area contributed by atoms with Gasteiger partial charge in [-0.3, -0.25) is 4.74 Å². The average Bonchev–Trinajstić information content (AvgIpc) is 2.46. The molecule has 1 atom stereocenters. The summed E-state index contributed by atoms with van der Waals surface area (Å²) >= 11 is 0. The third-order valence-electron chi connectivity index (χ3n) is 2.97. The molecule has 0 fully saturated rings. The van der Waals surface area contributed by atoms with Gasteiger partial charge in [0.15, 0.2) is 0 Å². The Balaban J connectivity index is 0. The summed E-state index contributed by atoms with van der Waals surface area (Å²) in [5, 5.41) is 7.72. The van der Waals surface area contributed by atoms with Crippen LogP contribution >= 0.6 is 0 Å². The van der Waals surface area contributed by atoms with Crippen molar-refractivity contribution in [1.29, 1.82) is 0 Å². The van der Waals surface area contributed by atoms with Crippen molar-refractivity contribution in [2.45, 2.75) is 51.0 Å². The molecule has 0 saturated heterocycles. The molecule has 0 aromatic carbocycles. The Hall–Kier alpha value is -1.38. The molecule has 0 rings (SSSR count). The van der Waals surface area contributed by atoms with Gasteiger partial charge in [0.25, 0.3) is 0 Å². The Labute approximate surface area is 145 Å². The molecule has 0 heterocycles. The molecule has 15 heteroatoms. The predicted octanol–water partition coefficient (Wildman–Crippen LogP) is 4.45. The fraction of sp³-hybridized carbons (Fsp3) is 0.917. The fourth-order valence-electron chi connectivity index (χ4n) is 1.30. The smallest absolute Gasteiger partial charge is 0.462 e. The molecule has 0 bridgehead atoms. The largest absolute Gasteiger partial charge is 0.477 e. The molecule has 0 aromatic heterocycles. The van der Waals surface area contributed by atoms with Gasteiger partial charge in [-0.2, -0.15) is 48.3 Å². The molecule has 0 radical (unpaired) electrons. The third kappa shape index (κ3) is 6.62. The van der Waals surface area contributed by atoms with Gasteiger partial charge in [-0.1, -0.05) is 20.8 Å². The van der Waals surface area contributed by atoms with Gasteiger partial charge in [-0.15, -0.1) is 0 Å². The Morgan fingerprint density at radius 1 is 0.778 bits per heavy atom. The first-order valence-electron chi connectivity index (χ1n) is 6.98. The van der Waals surface area contributed by atoms with Crippen LogP contribution < -0.4 is 0 Å². The van der Waals surface area contributed by atoms with E-state index in [1.165, 1.54) is 19.6 Å². The van der Waals surface area contributed by atoms with Crippen LogP contribution in [0.4, 0.5) is 48.3 Å². The number of aliphatic carboxylic acids is 1. The van der Waals surface area contributed by atoms with Crippen LogP contribution in [-0.4, -0.2) is 65.8 Å². The lowest BCUT2D eigenvalue weighted by Crippen LogP contribution is -2.61. The lowest BCUT2D eigenvalue weighted by atomic mass is 10.2. The molecule has 0 aromatic rings. The number of alkyl halides is 11. The van der Waals surface area contributed by atoms with Gasteiger partial charge in [-0.05, 0) is 19.6 Å². The predicted molar refractivity (Wildman–Crippen MR) is 68.0 cm³/mol. The quantitative estimate of drug-likeness (QED) is 0.606. The van der Waals surface area contributed by atoms with Crippen LogP contribution in [0.3, 0.4) is 0 Å². The van der Waals surface area contributed by atoms with Crippen LogP contribution in [0, 0.1) is 0 Å². The second-order valence-electron chi connectivity index (χ2n) is 4.71. The summed E-state index contributed by atoms with van der Waals surface area (Å²) in [6.07, 6.45) is -21.1. The molecular weight excluding hydrogens is 415 g/mol. The van der Waals surface area contributed by atoms with Crippen molar-refractivity contribution >= 4 is 5.97 Å². The number of rotatable bonds is 7. The molecule has 164 valence electrons. The summed E-state index contributed by atoms with van der Waals surface area (Å²) in [5.41, 5.74) is 0. The van der Waals surface area contributed by atoms with E-state index >= 15 is 0 Å². The van der Waals surface area contributed by atoms with Crippen molar-refractivity contribution < 1.29 is 62.9 Å².